The minimum atomic E-state index is -0.710. The van der Waals surface area contributed by atoms with Crippen LogP contribution in [0.1, 0.15) is 55.0 Å². The standard InChI is InChI=1S/C30H30ClN7/c1-20(27(15-21-10-12-25(31)13-11-21)23-7-4-6-22(14-23)17-32)36-28(30(2,3)18-33)24-8-5-9-26(16-24)37-29-34-19-35-38-29/h4-14,16,19-20,27-28,36H,15H2,1-3H3,(H2,34,35,37,38)/t20?,27?,28-/m0/s1. The molecule has 4 aromatic rings. The largest absolute Gasteiger partial charge is 0.325 e. The molecule has 2 unspecified atom stereocenters. The maximum Gasteiger partial charge on any atom is 0.222 e. The second-order valence-corrected chi connectivity index (χ2v) is 10.4. The Morgan fingerprint density at radius 2 is 1.74 bits per heavy atom. The molecule has 0 aliphatic rings. The van der Waals surface area contributed by atoms with Crippen LogP contribution in [0, 0.1) is 28.1 Å². The lowest BCUT2D eigenvalue weighted by molar-refractivity contribution is 0.281. The van der Waals surface area contributed by atoms with Gasteiger partial charge in [-0.05, 0) is 80.3 Å². The third-order valence-corrected chi connectivity index (χ3v) is 7.01. The number of nitrogens with zero attached hydrogens (tertiary/aromatic N) is 4. The topological polar surface area (TPSA) is 113 Å². The zero-order valence-corrected chi connectivity index (χ0v) is 22.4. The minimum absolute atomic E-state index is 0.0388. The van der Waals surface area contributed by atoms with E-state index in [0.717, 1.165) is 28.8 Å². The van der Waals surface area contributed by atoms with E-state index in [1.807, 2.05) is 80.6 Å². The van der Waals surface area contributed by atoms with Crippen LogP contribution in [0.15, 0.2) is 79.1 Å². The lowest BCUT2D eigenvalue weighted by Crippen LogP contribution is -2.42. The van der Waals surface area contributed by atoms with Crippen LogP contribution in [-0.2, 0) is 6.42 Å². The molecule has 0 saturated heterocycles. The minimum Gasteiger partial charge on any atom is -0.325 e. The fourth-order valence-electron chi connectivity index (χ4n) is 4.66. The van der Waals surface area contributed by atoms with Crippen molar-refractivity contribution in [2.45, 2.75) is 45.2 Å². The van der Waals surface area contributed by atoms with Crippen molar-refractivity contribution < 1.29 is 0 Å². The van der Waals surface area contributed by atoms with Gasteiger partial charge in [0.2, 0.25) is 5.95 Å². The monoisotopic (exact) mass is 523 g/mol. The first-order valence-corrected chi connectivity index (χ1v) is 12.8. The van der Waals surface area contributed by atoms with Gasteiger partial charge in [0.15, 0.2) is 0 Å². The molecule has 8 heteroatoms. The first kappa shape index (κ1) is 26.9. The number of H-pyrrole nitrogens is 1. The van der Waals surface area contributed by atoms with E-state index in [0.29, 0.717) is 16.5 Å². The van der Waals surface area contributed by atoms with E-state index in [1.165, 1.54) is 6.33 Å². The van der Waals surface area contributed by atoms with Gasteiger partial charge >= 0.3 is 0 Å². The van der Waals surface area contributed by atoms with Crippen molar-refractivity contribution >= 4 is 23.2 Å². The lowest BCUT2D eigenvalue weighted by Gasteiger charge is -2.36. The Morgan fingerprint density at radius 3 is 2.42 bits per heavy atom. The molecular weight excluding hydrogens is 494 g/mol. The van der Waals surface area contributed by atoms with E-state index in [2.05, 4.69) is 50.9 Å². The molecular formula is C30H30ClN7. The third kappa shape index (κ3) is 6.58. The molecule has 0 spiro atoms. The SMILES string of the molecule is CC(N[C@@H](c1cccc(Nc2ncn[nH]2)c1)C(C)(C)C#N)C(Cc1ccc(Cl)cc1)c1cccc(C#N)c1. The summed E-state index contributed by atoms with van der Waals surface area (Å²) in [5.74, 6) is 0.581. The summed E-state index contributed by atoms with van der Waals surface area (Å²) in [7, 11) is 0. The summed E-state index contributed by atoms with van der Waals surface area (Å²) in [6, 6.07) is 28.0. The molecule has 0 aliphatic heterocycles. The van der Waals surface area contributed by atoms with Gasteiger partial charge in [-0.25, -0.2) is 5.10 Å². The van der Waals surface area contributed by atoms with Gasteiger partial charge in [0.05, 0.1) is 29.2 Å². The van der Waals surface area contributed by atoms with Crippen molar-refractivity contribution in [1.29, 1.82) is 10.5 Å². The molecule has 0 saturated carbocycles. The van der Waals surface area contributed by atoms with Gasteiger partial charge in [-0.15, -0.1) is 0 Å². The van der Waals surface area contributed by atoms with E-state index in [9.17, 15) is 10.5 Å². The highest BCUT2D eigenvalue weighted by Crippen LogP contribution is 2.36. The summed E-state index contributed by atoms with van der Waals surface area (Å²) in [6.45, 7) is 6.02. The van der Waals surface area contributed by atoms with Crippen LogP contribution in [-0.4, -0.2) is 21.2 Å². The molecule has 3 atom stereocenters. The van der Waals surface area contributed by atoms with Crippen molar-refractivity contribution in [2.24, 2.45) is 5.41 Å². The Labute approximate surface area is 228 Å². The van der Waals surface area contributed by atoms with Crippen molar-refractivity contribution in [3.8, 4) is 12.1 Å². The molecule has 192 valence electrons. The molecule has 1 aromatic heterocycles. The summed E-state index contributed by atoms with van der Waals surface area (Å²) < 4.78 is 0. The highest BCUT2D eigenvalue weighted by atomic mass is 35.5. The Hall–Kier alpha value is -4.17. The molecule has 0 fully saturated rings. The number of nitrogens with one attached hydrogen (secondary N) is 3. The van der Waals surface area contributed by atoms with Gasteiger partial charge in [0.25, 0.3) is 0 Å². The first-order valence-electron chi connectivity index (χ1n) is 12.4. The smallest absolute Gasteiger partial charge is 0.222 e. The molecule has 0 aliphatic carbocycles. The predicted octanol–water partition coefficient (Wildman–Crippen LogP) is 6.67. The van der Waals surface area contributed by atoms with Crippen LogP contribution >= 0.6 is 11.6 Å². The molecule has 1 heterocycles. The molecule has 0 bridgehead atoms. The van der Waals surface area contributed by atoms with Gasteiger partial charge < -0.3 is 10.6 Å². The number of rotatable bonds is 10. The first-order chi connectivity index (χ1) is 18.3. The summed E-state index contributed by atoms with van der Waals surface area (Å²) in [5.41, 5.74) is 3.93. The average Bonchev–Trinajstić information content (AvgIpc) is 3.44. The number of nitriles is 2. The number of hydrogen-bond acceptors (Lipinski definition) is 6. The highest BCUT2D eigenvalue weighted by molar-refractivity contribution is 6.30. The molecule has 38 heavy (non-hydrogen) atoms. The fourth-order valence-corrected chi connectivity index (χ4v) is 4.79. The van der Waals surface area contributed by atoms with Crippen molar-refractivity contribution in [2.75, 3.05) is 5.32 Å². The molecule has 0 radical (unpaired) electrons. The second-order valence-electron chi connectivity index (χ2n) is 9.98. The normalized spacial score (nSPS) is 13.6. The number of aromatic nitrogens is 3. The number of anilines is 2. The molecule has 0 amide bonds. The van der Waals surface area contributed by atoms with Crippen molar-refractivity contribution in [1.82, 2.24) is 20.5 Å². The van der Waals surface area contributed by atoms with E-state index in [-0.39, 0.29) is 18.0 Å². The third-order valence-electron chi connectivity index (χ3n) is 6.75. The summed E-state index contributed by atoms with van der Waals surface area (Å²) >= 11 is 6.13. The number of aromatic amines is 1. The predicted molar refractivity (Wildman–Crippen MR) is 150 cm³/mol. The Kier molecular flexibility index (Phi) is 8.43. The maximum absolute atomic E-state index is 10.1. The number of halogens is 1. The van der Waals surface area contributed by atoms with Gasteiger partial charge in [-0.2, -0.15) is 20.6 Å². The Morgan fingerprint density at radius 1 is 1.00 bits per heavy atom. The van der Waals surface area contributed by atoms with E-state index >= 15 is 0 Å². The van der Waals surface area contributed by atoms with Crippen LogP contribution in [0.4, 0.5) is 11.6 Å². The fraction of sp³-hybridized carbons (Fsp3) is 0.267. The van der Waals surface area contributed by atoms with Crippen LogP contribution in [0.2, 0.25) is 5.02 Å². The summed E-state index contributed by atoms with van der Waals surface area (Å²) in [4.78, 5) is 4.14. The molecule has 4 rings (SSSR count). The summed E-state index contributed by atoms with van der Waals surface area (Å²) in [6.07, 6.45) is 2.19. The van der Waals surface area contributed by atoms with Crippen LogP contribution in [0.3, 0.4) is 0 Å². The van der Waals surface area contributed by atoms with E-state index in [1.54, 1.807) is 0 Å². The molecule has 3 N–H and O–H groups in total. The van der Waals surface area contributed by atoms with Crippen molar-refractivity contribution in [3.63, 3.8) is 0 Å². The van der Waals surface area contributed by atoms with E-state index in [4.69, 9.17) is 11.6 Å². The average molecular weight is 524 g/mol. The number of benzene rings is 3. The maximum atomic E-state index is 10.1. The molecule has 7 nitrogen and oxygen atoms in total. The summed E-state index contributed by atoms with van der Waals surface area (Å²) in [5, 5.41) is 34.0. The Bertz CT molecular complexity index is 1430. The lowest BCUT2D eigenvalue weighted by atomic mass is 9.79. The number of hydrogen-bond donors (Lipinski definition) is 3. The van der Waals surface area contributed by atoms with Crippen LogP contribution in [0.25, 0.3) is 0 Å². The van der Waals surface area contributed by atoms with Crippen LogP contribution < -0.4 is 10.6 Å². The van der Waals surface area contributed by atoms with Gasteiger partial charge in [-0.1, -0.05) is 48.0 Å². The van der Waals surface area contributed by atoms with Crippen molar-refractivity contribution in [3.05, 3.63) is 106 Å². The quantitative estimate of drug-likeness (QED) is 0.214. The van der Waals surface area contributed by atoms with Gasteiger partial charge in [0, 0.05) is 22.7 Å². The zero-order valence-electron chi connectivity index (χ0n) is 21.6. The Balaban J connectivity index is 1.67. The zero-order chi connectivity index (χ0) is 27.1. The second kappa shape index (κ2) is 11.9. The van der Waals surface area contributed by atoms with Gasteiger partial charge in [-0.3, -0.25) is 0 Å². The highest BCUT2D eigenvalue weighted by Gasteiger charge is 2.34. The molecule has 3 aromatic carbocycles. The van der Waals surface area contributed by atoms with E-state index < -0.39 is 5.41 Å². The van der Waals surface area contributed by atoms with Crippen LogP contribution in [0.5, 0.6) is 0 Å². The van der Waals surface area contributed by atoms with Gasteiger partial charge in [0.1, 0.15) is 6.33 Å².